The maximum absolute atomic E-state index is 5.10. The first kappa shape index (κ1) is 15.2. The third-order valence-corrected chi connectivity index (χ3v) is 4.45. The fourth-order valence-electron chi connectivity index (χ4n) is 1.68. The van der Waals surface area contributed by atoms with Crippen LogP contribution in [0.15, 0.2) is 22.0 Å². The van der Waals surface area contributed by atoms with Crippen LogP contribution in [0.1, 0.15) is 17.6 Å². The van der Waals surface area contributed by atoms with Crippen LogP contribution in [0.25, 0.3) is 0 Å². The number of anilines is 2. The number of nitrogens with zero attached hydrogens (tertiary/aromatic N) is 2. The molecule has 7 heteroatoms. The molecule has 0 bridgehead atoms. The summed E-state index contributed by atoms with van der Waals surface area (Å²) in [5.74, 6) is 2.27. The van der Waals surface area contributed by atoms with E-state index in [1.54, 1.807) is 18.4 Å². The zero-order valence-electron chi connectivity index (χ0n) is 11.4. The van der Waals surface area contributed by atoms with Gasteiger partial charge in [-0.2, -0.15) is 0 Å². The van der Waals surface area contributed by atoms with Crippen molar-refractivity contribution >= 4 is 38.9 Å². The summed E-state index contributed by atoms with van der Waals surface area (Å²) in [6.07, 6.45) is 0. The number of nitrogens with one attached hydrogen (secondary N) is 2. The molecule has 2 N–H and O–H groups in total. The first-order chi connectivity index (χ1) is 9.72. The average Bonchev–Trinajstić information content (AvgIpc) is 2.83. The molecule has 0 aliphatic heterocycles. The second-order valence-corrected chi connectivity index (χ2v) is 5.92. The van der Waals surface area contributed by atoms with Gasteiger partial charge in [0, 0.05) is 29.1 Å². The average molecular weight is 357 g/mol. The minimum atomic E-state index is 0.399. The Morgan fingerprint density at radius 2 is 2.05 bits per heavy atom. The fraction of sp³-hybridized carbons (Fsp3) is 0.385. The Balaban J connectivity index is 2.11. The summed E-state index contributed by atoms with van der Waals surface area (Å²) >= 11 is 5.23. The molecule has 0 amide bonds. The Labute approximate surface area is 130 Å². The Morgan fingerprint density at radius 1 is 1.30 bits per heavy atom. The number of rotatable bonds is 7. The van der Waals surface area contributed by atoms with Gasteiger partial charge in [0.05, 0.1) is 6.54 Å². The van der Waals surface area contributed by atoms with Gasteiger partial charge in [0.25, 0.3) is 0 Å². The van der Waals surface area contributed by atoms with E-state index in [9.17, 15) is 0 Å². The molecule has 0 atom stereocenters. The molecule has 0 saturated carbocycles. The lowest BCUT2D eigenvalue weighted by atomic mass is 10.4. The van der Waals surface area contributed by atoms with Gasteiger partial charge in [0.2, 0.25) is 0 Å². The molecule has 0 fully saturated rings. The lowest BCUT2D eigenvalue weighted by Gasteiger charge is -2.10. The molecule has 2 aromatic heterocycles. The number of methoxy groups -OCH3 is 1. The van der Waals surface area contributed by atoms with Crippen LogP contribution in [0.5, 0.6) is 0 Å². The molecule has 0 saturated heterocycles. The Morgan fingerprint density at radius 3 is 2.65 bits per heavy atom. The van der Waals surface area contributed by atoms with E-state index in [0.717, 1.165) is 29.2 Å². The number of ether oxygens (including phenoxy) is 1. The fourth-order valence-corrected chi connectivity index (χ4v) is 3.11. The smallest absolute Gasteiger partial charge is 0.158 e. The monoisotopic (exact) mass is 356 g/mol. The molecule has 0 spiro atoms. The van der Waals surface area contributed by atoms with Crippen LogP contribution in [0.2, 0.25) is 0 Å². The van der Waals surface area contributed by atoms with Crippen LogP contribution in [0, 0.1) is 0 Å². The topological polar surface area (TPSA) is 59.1 Å². The van der Waals surface area contributed by atoms with Gasteiger partial charge in [-0.1, -0.05) is 0 Å². The highest BCUT2D eigenvalue weighted by atomic mass is 79.9. The number of thiophene rings is 1. The lowest BCUT2D eigenvalue weighted by Crippen LogP contribution is -2.08. The van der Waals surface area contributed by atoms with E-state index in [2.05, 4.69) is 41.9 Å². The molecule has 20 heavy (non-hydrogen) atoms. The molecule has 108 valence electrons. The van der Waals surface area contributed by atoms with E-state index < -0.39 is 0 Å². The van der Waals surface area contributed by atoms with Crippen LogP contribution in [0.4, 0.5) is 11.6 Å². The molecule has 2 heterocycles. The van der Waals surface area contributed by atoms with E-state index in [-0.39, 0.29) is 0 Å². The van der Waals surface area contributed by atoms with E-state index in [1.165, 1.54) is 4.88 Å². The van der Waals surface area contributed by atoms with Gasteiger partial charge in [-0.05, 0) is 34.3 Å². The quantitative estimate of drug-likeness (QED) is 0.794. The van der Waals surface area contributed by atoms with Crippen molar-refractivity contribution < 1.29 is 4.74 Å². The minimum Gasteiger partial charge on any atom is -0.377 e. The highest BCUT2D eigenvalue weighted by Gasteiger charge is 2.06. The van der Waals surface area contributed by atoms with Crippen LogP contribution >= 0.6 is 27.3 Å². The van der Waals surface area contributed by atoms with Crippen molar-refractivity contribution in [2.24, 2.45) is 0 Å². The highest BCUT2D eigenvalue weighted by Crippen LogP contribution is 2.23. The van der Waals surface area contributed by atoms with Gasteiger partial charge in [-0.3, -0.25) is 0 Å². The Hall–Kier alpha value is -1.18. The van der Waals surface area contributed by atoms with Gasteiger partial charge in [-0.15, -0.1) is 11.3 Å². The number of halogens is 1. The first-order valence-corrected chi connectivity index (χ1v) is 7.96. The van der Waals surface area contributed by atoms with Crippen molar-refractivity contribution in [3.63, 3.8) is 0 Å². The zero-order valence-corrected chi connectivity index (χ0v) is 13.8. The Bertz CT molecular complexity index is 537. The summed E-state index contributed by atoms with van der Waals surface area (Å²) in [7, 11) is 1.64. The summed E-state index contributed by atoms with van der Waals surface area (Å²) in [4.78, 5) is 10.1. The molecule has 0 aliphatic carbocycles. The molecule has 0 unspecified atom stereocenters. The summed E-state index contributed by atoms with van der Waals surface area (Å²) in [5, 5.41) is 8.57. The third-order valence-electron chi connectivity index (χ3n) is 2.52. The van der Waals surface area contributed by atoms with E-state index >= 15 is 0 Å². The number of hydrogen-bond acceptors (Lipinski definition) is 6. The zero-order chi connectivity index (χ0) is 14.4. The van der Waals surface area contributed by atoms with Crippen LogP contribution in [0.3, 0.4) is 0 Å². The van der Waals surface area contributed by atoms with Crippen molar-refractivity contribution in [3.8, 4) is 0 Å². The summed E-state index contributed by atoms with van der Waals surface area (Å²) in [5.41, 5.74) is 0. The maximum atomic E-state index is 5.10. The van der Waals surface area contributed by atoms with E-state index in [1.807, 2.05) is 19.1 Å². The van der Waals surface area contributed by atoms with Crippen molar-refractivity contribution in [2.45, 2.75) is 20.1 Å². The predicted octanol–water partition coefficient (Wildman–Crippen LogP) is 3.49. The largest absolute Gasteiger partial charge is 0.377 e. The van der Waals surface area contributed by atoms with Gasteiger partial charge in [0.1, 0.15) is 18.2 Å². The summed E-state index contributed by atoms with van der Waals surface area (Å²) in [6.45, 7) is 3.98. The number of hydrogen-bond donors (Lipinski definition) is 2. The third kappa shape index (κ3) is 4.16. The van der Waals surface area contributed by atoms with Gasteiger partial charge < -0.3 is 15.4 Å². The second-order valence-electron chi connectivity index (χ2n) is 4.06. The Kier molecular flexibility index (Phi) is 5.75. The minimum absolute atomic E-state index is 0.399. The lowest BCUT2D eigenvalue weighted by molar-refractivity contribution is 0.178. The van der Waals surface area contributed by atoms with Gasteiger partial charge >= 0.3 is 0 Å². The molecule has 2 aromatic rings. The number of aromatic nitrogens is 2. The summed E-state index contributed by atoms with van der Waals surface area (Å²) in [6, 6.07) is 3.95. The standard InChI is InChI=1S/C13H17BrN4OS/c1-3-15-11-6-12(18-13(17-11)8-19-2)16-7-10-9(14)4-5-20-10/h4-6H,3,7-8H2,1-2H3,(H2,15,16,17,18). The van der Waals surface area contributed by atoms with Crippen molar-refractivity contribution in [3.05, 3.63) is 32.7 Å². The van der Waals surface area contributed by atoms with Crippen LogP contribution in [-0.4, -0.2) is 23.6 Å². The summed E-state index contributed by atoms with van der Waals surface area (Å²) < 4.78 is 6.22. The van der Waals surface area contributed by atoms with Gasteiger partial charge in [-0.25, -0.2) is 9.97 Å². The van der Waals surface area contributed by atoms with Crippen molar-refractivity contribution in [1.29, 1.82) is 0 Å². The normalized spacial score (nSPS) is 10.6. The second kappa shape index (κ2) is 7.56. The van der Waals surface area contributed by atoms with Crippen LogP contribution < -0.4 is 10.6 Å². The molecule has 0 radical (unpaired) electrons. The van der Waals surface area contributed by atoms with E-state index in [4.69, 9.17) is 4.74 Å². The molecule has 0 aliphatic rings. The molecule has 5 nitrogen and oxygen atoms in total. The van der Waals surface area contributed by atoms with Crippen LogP contribution in [-0.2, 0) is 17.9 Å². The van der Waals surface area contributed by atoms with Crippen molar-refractivity contribution in [1.82, 2.24) is 9.97 Å². The molecular formula is C13H17BrN4OS. The first-order valence-electron chi connectivity index (χ1n) is 6.29. The van der Waals surface area contributed by atoms with E-state index in [0.29, 0.717) is 12.4 Å². The molecule has 2 rings (SSSR count). The maximum Gasteiger partial charge on any atom is 0.158 e. The van der Waals surface area contributed by atoms with Crippen molar-refractivity contribution in [2.75, 3.05) is 24.3 Å². The molecule has 0 aromatic carbocycles. The highest BCUT2D eigenvalue weighted by molar-refractivity contribution is 9.10. The predicted molar refractivity (Wildman–Crippen MR) is 86.3 cm³/mol. The SMILES string of the molecule is CCNc1cc(NCc2sccc2Br)nc(COC)n1. The van der Waals surface area contributed by atoms with Gasteiger partial charge in [0.15, 0.2) is 5.82 Å². The molecular weight excluding hydrogens is 340 g/mol.